The zero-order valence-corrected chi connectivity index (χ0v) is 23.5. The number of carbonyl (C=O) groups excluding carboxylic acids is 2. The number of non-ortho nitro benzene ring substituents is 1. The summed E-state index contributed by atoms with van der Waals surface area (Å²) in [4.78, 5) is 35.7. The summed E-state index contributed by atoms with van der Waals surface area (Å²) in [5.41, 5.74) is 8.43. The van der Waals surface area contributed by atoms with Gasteiger partial charge in [0.1, 0.15) is 0 Å². The maximum atomic E-state index is 13.1. The Balaban J connectivity index is 1.36. The number of hydrogen-bond donors (Lipinski definition) is 1. The summed E-state index contributed by atoms with van der Waals surface area (Å²) in [6.07, 6.45) is 0. The lowest BCUT2D eigenvalue weighted by Crippen LogP contribution is -2.26. The van der Waals surface area contributed by atoms with Crippen LogP contribution >= 0.6 is 0 Å². The van der Waals surface area contributed by atoms with Crippen molar-refractivity contribution in [1.82, 2.24) is 9.88 Å². The summed E-state index contributed by atoms with van der Waals surface area (Å²) in [5, 5.41) is 14.9. The number of aromatic nitrogens is 1. The Morgan fingerprint density at radius 3 is 2.27 bits per heavy atom. The summed E-state index contributed by atoms with van der Waals surface area (Å²) in [5.74, 6) is -0.160. The number of rotatable bonds is 8. The van der Waals surface area contributed by atoms with Crippen LogP contribution in [-0.4, -0.2) is 21.2 Å². The monoisotopic (exact) mass is 545 g/mol. The highest BCUT2D eigenvalue weighted by atomic mass is 16.6. The molecule has 5 rings (SSSR count). The fourth-order valence-electron chi connectivity index (χ4n) is 5.26. The van der Waals surface area contributed by atoms with Crippen LogP contribution in [0.5, 0.6) is 0 Å². The largest absolute Gasteiger partial charge is 0.346 e. The first-order valence-electron chi connectivity index (χ1n) is 13.5. The van der Waals surface area contributed by atoms with Crippen LogP contribution in [0.2, 0.25) is 0 Å². The highest BCUT2D eigenvalue weighted by molar-refractivity contribution is 6.01. The molecular weight excluding hydrogens is 514 g/mol. The lowest BCUT2D eigenvalue weighted by Gasteiger charge is -2.14. The molecule has 5 aromatic rings. The number of Topliss-reactive ketones (excluding diaryl/α,β-unsaturated/α-hetero) is 1. The molecule has 0 aliphatic heterocycles. The first kappa shape index (κ1) is 27.5. The molecule has 0 bridgehead atoms. The normalized spacial score (nSPS) is 11.8. The van der Waals surface area contributed by atoms with Crippen molar-refractivity contribution in [1.29, 1.82) is 0 Å². The van der Waals surface area contributed by atoms with Crippen molar-refractivity contribution >= 4 is 28.3 Å². The van der Waals surface area contributed by atoms with Gasteiger partial charge >= 0.3 is 0 Å². The molecule has 0 saturated heterocycles. The van der Waals surface area contributed by atoms with Gasteiger partial charge in [-0.1, -0.05) is 60.7 Å². The Morgan fingerprint density at radius 1 is 0.927 bits per heavy atom. The average molecular weight is 546 g/mol. The molecule has 1 aromatic heterocycles. The highest BCUT2D eigenvalue weighted by Gasteiger charge is 2.17. The van der Waals surface area contributed by atoms with Crippen molar-refractivity contribution in [3.8, 4) is 11.1 Å². The van der Waals surface area contributed by atoms with Crippen LogP contribution in [-0.2, 0) is 6.54 Å². The van der Waals surface area contributed by atoms with Gasteiger partial charge in [0.05, 0.1) is 11.0 Å². The summed E-state index contributed by atoms with van der Waals surface area (Å²) in [6.45, 7) is 8.27. The average Bonchev–Trinajstić information content (AvgIpc) is 3.21. The molecule has 1 N–H and O–H groups in total. The van der Waals surface area contributed by atoms with Crippen molar-refractivity contribution in [3.05, 3.63) is 135 Å². The molecule has 206 valence electrons. The van der Waals surface area contributed by atoms with E-state index < -0.39 is 4.92 Å². The molecule has 0 spiro atoms. The van der Waals surface area contributed by atoms with Gasteiger partial charge in [-0.2, -0.15) is 0 Å². The maximum Gasteiger partial charge on any atom is 0.269 e. The Morgan fingerprint density at radius 2 is 1.61 bits per heavy atom. The Kier molecular flexibility index (Phi) is 7.53. The van der Waals surface area contributed by atoms with Crippen LogP contribution in [0.15, 0.2) is 91.0 Å². The number of amides is 1. The van der Waals surface area contributed by atoms with E-state index >= 15 is 0 Å². The van der Waals surface area contributed by atoms with Gasteiger partial charge < -0.3 is 9.88 Å². The zero-order chi connectivity index (χ0) is 29.3. The number of ketones is 1. The van der Waals surface area contributed by atoms with Crippen LogP contribution in [0, 0.1) is 24.0 Å². The third-order valence-electron chi connectivity index (χ3n) is 7.76. The van der Waals surface area contributed by atoms with E-state index in [1.807, 2.05) is 49.4 Å². The smallest absolute Gasteiger partial charge is 0.269 e. The maximum absolute atomic E-state index is 13.1. The van der Waals surface area contributed by atoms with Crippen LogP contribution in [0.25, 0.3) is 22.0 Å². The van der Waals surface area contributed by atoms with Crippen molar-refractivity contribution in [2.75, 3.05) is 0 Å². The third-order valence-corrected chi connectivity index (χ3v) is 7.76. The quantitative estimate of drug-likeness (QED) is 0.124. The zero-order valence-electron chi connectivity index (χ0n) is 23.5. The minimum Gasteiger partial charge on any atom is -0.346 e. The number of nitrogens with zero attached hydrogens (tertiary/aromatic N) is 2. The van der Waals surface area contributed by atoms with Crippen LogP contribution in [0.1, 0.15) is 63.0 Å². The van der Waals surface area contributed by atoms with Gasteiger partial charge in [0.2, 0.25) is 0 Å². The first-order valence-corrected chi connectivity index (χ1v) is 13.5. The van der Waals surface area contributed by atoms with E-state index in [0.717, 1.165) is 44.4 Å². The lowest BCUT2D eigenvalue weighted by molar-refractivity contribution is -0.384. The summed E-state index contributed by atoms with van der Waals surface area (Å²) >= 11 is 0. The number of nitro groups is 1. The third kappa shape index (κ3) is 5.52. The van der Waals surface area contributed by atoms with Crippen molar-refractivity contribution in [2.24, 2.45) is 0 Å². The second kappa shape index (κ2) is 11.2. The van der Waals surface area contributed by atoms with E-state index in [2.05, 4.69) is 48.0 Å². The fourth-order valence-corrected chi connectivity index (χ4v) is 5.26. The van der Waals surface area contributed by atoms with Gasteiger partial charge in [-0.05, 0) is 73.7 Å². The molecule has 1 amide bonds. The minimum absolute atomic E-state index is 0.0161. The molecule has 0 unspecified atom stereocenters. The van der Waals surface area contributed by atoms with Gasteiger partial charge in [0.15, 0.2) is 5.78 Å². The molecule has 0 saturated carbocycles. The Hall–Kier alpha value is -5.04. The number of carbonyl (C=O) groups is 2. The fraction of sp³-hybridized carbons (Fsp3) is 0.176. The van der Waals surface area contributed by atoms with Gasteiger partial charge in [-0.25, -0.2) is 0 Å². The molecule has 7 heteroatoms. The van der Waals surface area contributed by atoms with Crippen LogP contribution < -0.4 is 5.32 Å². The van der Waals surface area contributed by atoms with Gasteiger partial charge in [0, 0.05) is 46.4 Å². The number of aryl methyl sites for hydroxylation is 1. The van der Waals surface area contributed by atoms with E-state index in [4.69, 9.17) is 0 Å². The minimum atomic E-state index is -0.441. The number of nitro benzene ring substituents is 1. The SMILES string of the molecule is CC(=O)c1ccccc1-c1ccc(Cn2c(C)c(C)c3cc(C(=O)N[C@@H](C)c4ccc([N+](=O)[O-])cc4)ccc32)cc1. The predicted octanol–water partition coefficient (Wildman–Crippen LogP) is 7.58. The molecule has 4 aromatic carbocycles. The second-order valence-electron chi connectivity index (χ2n) is 10.4. The van der Waals surface area contributed by atoms with Gasteiger partial charge in [-0.3, -0.25) is 19.7 Å². The number of hydrogen-bond acceptors (Lipinski definition) is 4. The van der Waals surface area contributed by atoms with E-state index in [1.165, 1.54) is 12.1 Å². The summed E-state index contributed by atoms with van der Waals surface area (Å²) < 4.78 is 2.25. The van der Waals surface area contributed by atoms with Crippen molar-refractivity contribution in [3.63, 3.8) is 0 Å². The summed E-state index contributed by atoms with van der Waals surface area (Å²) in [7, 11) is 0. The molecule has 0 aliphatic rings. The van der Waals surface area contributed by atoms with Crippen LogP contribution in [0.4, 0.5) is 5.69 Å². The molecular formula is C34H31N3O4. The molecule has 0 fully saturated rings. The Labute approximate surface area is 238 Å². The number of benzene rings is 4. The molecule has 41 heavy (non-hydrogen) atoms. The van der Waals surface area contributed by atoms with Crippen molar-refractivity contribution < 1.29 is 14.5 Å². The van der Waals surface area contributed by atoms with E-state index in [-0.39, 0.29) is 23.4 Å². The topological polar surface area (TPSA) is 94.2 Å². The van der Waals surface area contributed by atoms with Gasteiger partial charge in [-0.15, -0.1) is 0 Å². The van der Waals surface area contributed by atoms with Gasteiger partial charge in [0.25, 0.3) is 11.6 Å². The Bertz CT molecular complexity index is 1780. The molecule has 1 atom stereocenters. The summed E-state index contributed by atoms with van der Waals surface area (Å²) in [6, 6.07) is 27.6. The lowest BCUT2D eigenvalue weighted by atomic mass is 9.97. The van der Waals surface area contributed by atoms with Crippen molar-refractivity contribution in [2.45, 2.75) is 40.3 Å². The number of fused-ring (bicyclic) bond motifs is 1. The van der Waals surface area contributed by atoms with Crippen LogP contribution in [0.3, 0.4) is 0 Å². The van der Waals surface area contributed by atoms with E-state index in [1.54, 1.807) is 19.1 Å². The standard InChI is InChI=1S/C34H31N3O4/c1-21-23(3)36(20-25-9-11-27(12-10-25)31-8-6-5-7-30(31)24(4)38)33-18-15-28(19-32(21)33)34(39)35-22(2)26-13-16-29(17-14-26)37(40)41/h5-19,22H,20H2,1-4H3,(H,35,39)/t22-/m0/s1. The second-order valence-corrected chi connectivity index (χ2v) is 10.4. The highest BCUT2D eigenvalue weighted by Crippen LogP contribution is 2.29. The predicted molar refractivity (Wildman–Crippen MR) is 161 cm³/mol. The molecule has 0 aliphatic carbocycles. The first-order chi connectivity index (χ1) is 19.6. The molecule has 0 radical (unpaired) electrons. The molecule has 1 heterocycles. The van der Waals surface area contributed by atoms with E-state index in [9.17, 15) is 19.7 Å². The number of nitrogens with one attached hydrogen (secondary N) is 1. The van der Waals surface area contributed by atoms with E-state index in [0.29, 0.717) is 17.7 Å². The molecule has 7 nitrogen and oxygen atoms in total.